The highest BCUT2D eigenvalue weighted by Crippen LogP contribution is 2.42. The molecule has 2 aliphatic heterocycles. The quantitative estimate of drug-likeness (QED) is 0.248. The number of amides is 2. The van der Waals surface area contributed by atoms with E-state index in [1.54, 1.807) is 52.3 Å². The van der Waals surface area contributed by atoms with Crippen LogP contribution >= 0.6 is 0 Å². The molecule has 2 amide bonds. The molecule has 0 saturated carbocycles. The van der Waals surface area contributed by atoms with E-state index in [1.807, 2.05) is 24.0 Å². The van der Waals surface area contributed by atoms with Crippen LogP contribution < -0.4 is 9.80 Å². The van der Waals surface area contributed by atoms with Gasteiger partial charge in [0.05, 0.1) is 29.8 Å². The summed E-state index contributed by atoms with van der Waals surface area (Å²) in [4.78, 5) is 41.8. The van der Waals surface area contributed by atoms with E-state index in [0.29, 0.717) is 65.2 Å². The first-order valence-electron chi connectivity index (χ1n) is 15.9. The number of rotatable bonds is 6. The molecule has 0 spiro atoms. The first-order valence-corrected chi connectivity index (χ1v) is 15.9. The number of fused-ring (bicyclic) bond motifs is 2. The van der Waals surface area contributed by atoms with Crippen LogP contribution in [0, 0.1) is 6.92 Å². The number of anilines is 2. The minimum Gasteiger partial charge on any atom is -0.359 e. The number of hydrogen-bond donors (Lipinski definition) is 0. The van der Waals surface area contributed by atoms with Gasteiger partial charge in [0.25, 0.3) is 5.91 Å². The molecule has 248 valence electrons. The molecule has 0 aliphatic carbocycles. The number of piperazine rings is 1. The minimum absolute atomic E-state index is 0.0246. The maximum atomic E-state index is 14.6. The van der Waals surface area contributed by atoms with E-state index < -0.39 is 11.9 Å². The zero-order valence-electron chi connectivity index (χ0n) is 27.2. The summed E-state index contributed by atoms with van der Waals surface area (Å²) in [5.41, 5.74) is 4.88. The second-order valence-electron chi connectivity index (χ2n) is 12.6. The van der Waals surface area contributed by atoms with Crippen molar-refractivity contribution in [3.8, 4) is 11.1 Å². The number of pyridine rings is 1. The number of hydrogen-bond acceptors (Lipinski definition) is 6. The molecule has 5 aromatic rings. The summed E-state index contributed by atoms with van der Waals surface area (Å²) in [6.45, 7) is 5.99. The summed E-state index contributed by atoms with van der Waals surface area (Å²) in [6, 6.07) is 9.53. The SMILES string of the molecule is CCc1cc(N2CCN(C)C(=O)C2)c2nc(C)cc(N3CCc4c(cc(Cn5ccnc5)cc4-c4cn(C)nc4C(F)(F)F)C3=O)c2c1. The summed E-state index contributed by atoms with van der Waals surface area (Å²) >= 11 is 0. The third-order valence-electron chi connectivity index (χ3n) is 9.24. The van der Waals surface area contributed by atoms with Crippen molar-refractivity contribution in [3.05, 3.63) is 88.9 Å². The second-order valence-corrected chi connectivity index (χ2v) is 12.6. The summed E-state index contributed by atoms with van der Waals surface area (Å²) in [6.07, 6.45) is 2.79. The first kappa shape index (κ1) is 31.4. The molecular formula is C35H35F3N8O2. The third-order valence-corrected chi connectivity index (χ3v) is 9.24. The molecule has 0 bridgehead atoms. The lowest BCUT2D eigenvalue weighted by Crippen LogP contribution is -2.48. The van der Waals surface area contributed by atoms with E-state index in [-0.39, 0.29) is 30.5 Å². The Labute approximate surface area is 275 Å². The highest BCUT2D eigenvalue weighted by Gasteiger charge is 2.39. The highest BCUT2D eigenvalue weighted by atomic mass is 19.4. The van der Waals surface area contributed by atoms with E-state index in [9.17, 15) is 22.8 Å². The van der Waals surface area contributed by atoms with Crippen molar-refractivity contribution in [2.75, 3.05) is 43.0 Å². The lowest BCUT2D eigenvalue weighted by atomic mass is 9.87. The third kappa shape index (κ3) is 5.56. The van der Waals surface area contributed by atoms with Gasteiger partial charge in [-0.15, -0.1) is 0 Å². The molecule has 2 aliphatic rings. The van der Waals surface area contributed by atoms with Crippen LogP contribution in [0.5, 0.6) is 0 Å². The summed E-state index contributed by atoms with van der Waals surface area (Å²) in [5.74, 6) is -0.274. The average molecular weight is 657 g/mol. The summed E-state index contributed by atoms with van der Waals surface area (Å²) in [7, 11) is 3.26. The largest absolute Gasteiger partial charge is 0.435 e. The molecule has 0 radical (unpaired) electrons. The molecule has 2 aromatic carbocycles. The topological polar surface area (TPSA) is 92.4 Å². The van der Waals surface area contributed by atoms with Crippen LogP contribution in [-0.4, -0.2) is 74.3 Å². The zero-order valence-corrected chi connectivity index (χ0v) is 27.2. The zero-order chi connectivity index (χ0) is 33.9. The molecule has 1 fully saturated rings. The lowest BCUT2D eigenvalue weighted by molar-refractivity contribution is -0.141. The normalized spacial score (nSPS) is 15.5. The van der Waals surface area contributed by atoms with Crippen LogP contribution in [-0.2, 0) is 37.4 Å². The Morgan fingerprint density at radius 1 is 0.917 bits per heavy atom. The van der Waals surface area contributed by atoms with Gasteiger partial charge in [-0.25, -0.2) is 4.98 Å². The average Bonchev–Trinajstić information content (AvgIpc) is 3.71. The molecule has 5 heterocycles. The van der Waals surface area contributed by atoms with E-state index in [0.717, 1.165) is 27.7 Å². The van der Waals surface area contributed by atoms with Crippen LogP contribution in [0.15, 0.2) is 55.2 Å². The molecule has 7 rings (SSSR count). The number of aromatic nitrogens is 5. The molecule has 3 aromatic heterocycles. The number of nitrogens with zero attached hydrogens (tertiary/aromatic N) is 8. The smallest absolute Gasteiger partial charge is 0.359 e. The predicted molar refractivity (Wildman–Crippen MR) is 176 cm³/mol. The second kappa shape index (κ2) is 11.8. The van der Waals surface area contributed by atoms with Gasteiger partial charge in [0.15, 0.2) is 5.69 Å². The van der Waals surface area contributed by atoms with Gasteiger partial charge < -0.3 is 19.3 Å². The van der Waals surface area contributed by atoms with E-state index in [4.69, 9.17) is 4.98 Å². The number of carbonyl (C=O) groups is 2. The number of likely N-dealkylation sites (N-methyl/N-ethyl adjacent to an activating group) is 1. The number of aryl methyl sites for hydroxylation is 3. The molecule has 0 unspecified atom stereocenters. The summed E-state index contributed by atoms with van der Waals surface area (Å²) in [5, 5.41) is 4.55. The number of alkyl halides is 3. The molecule has 1 saturated heterocycles. The van der Waals surface area contributed by atoms with E-state index in [2.05, 4.69) is 23.1 Å². The van der Waals surface area contributed by atoms with Crippen LogP contribution in [0.2, 0.25) is 0 Å². The fourth-order valence-corrected chi connectivity index (χ4v) is 6.82. The monoisotopic (exact) mass is 656 g/mol. The van der Waals surface area contributed by atoms with Crippen LogP contribution in [0.25, 0.3) is 22.0 Å². The van der Waals surface area contributed by atoms with Crippen molar-refractivity contribution in [1.82, 2.24) is 29.2 Å². The van der Waals surface area contributed by atoms with Crippen molar-refractivity contribution in [2.24, 2.45) is 7.05 Å². The highest BCUT2D eigenvalue weighted by molar-refractivity contribution is 6.14. The van der Waals surface area contributed by atoms with Crippen LogP contribution in [0.4, 0.5) is 24.5 Å². The number of imidazole rings is 1. The number of benzene rings is 2. The Morgan fingerprint density at radius 3 is 2.42 bits per heavy atom. The van der Waals surface area contributed by atoms with Gasteiger partial charge in [-0.05, 0) is 72.4 Å². The van der Waals surface area contributed by atoms with E-state index >= 15 is 0 Å². The van der Waals surface area contributed by atoms with Crippen LogP contribution in [0.3, 0.4) is 0 Å². The van der Waals surface area contributed by atoms with Gasteiger partial charge in [-0.3, -0.25) is 19.3 Å². The standard InChI is InChI=1S/C35H35F3N8O2/c1-5-22-13-27-29(12-21(2)40-32(27)30(16-22)45-11-10-42(3)31(47)19-45)46-8-6-24-25(28-18-43(4)41-33(28)35(36,37)38)14-23(15-26(24)34(46)48)17-44-9-7-39-20-44/h7,9,12-16,18,20H,5-6,8,10-11,17,19H2,1-4H3. The van der Waals surface area contributed by atoms with Gasteiger partial charge in [0, 0.05) is 81.1 Å². The Balaban J connectivity index is 1.38. The van der Waals surface area contributed by atoms with Gasteiger partial charge in [0.1, 0.15) is 0 Å². The molecular weight excluding hydrogens is 621 g/mol. The first-order chi connectivity index (χ1) is 22.9. The van der Waals surface area contributed by atoms with Gasteiger partial charge in [0.2, 0.25) is 5.91 Å². The molecule has 10 nitrogen and oxygen atoms in total. The minimum atomic E-state index is -4.68. The van der Waals surface area contributed by atoms with Crippen LogP contribution in [0.1, 0.15) is 45.4 Å². The molecule has 0 N–H and O–H groups in total. The van der Waals surface area contributed by atoms with Crippen molar-refractivity contribution < 1.29 is 22.8 Å². The van der Waals surface area contributed by atoms with E-state index in [1.165, 1.54) is 13.2 Å². The number of carbonyl (C=O) groups excluding carboxylic acids is 2. The maximum absolute atomic E-state index is 14.6. The van der Waals surface area contributed by atoms with Gasteiger partial charge >= 0.3 is 6.18 Å². The fourth-order valence-electron chi connectivity index (χ4n) is 6.82. The molecule has 13 heteroatoms. The van der Waals surface area contributed by atoms with Crippen molar-refractivity contribution in [3.63, 3.8) is 0 Å². The molecule has 0 atom stereocenters. The Morgan fingerprint density at radius 2 is 1.71 bits per heavy atom. The molecule has 48 heavy (non-hydrogen) atoms. The number of halogens is 3. The maximum Gasteiger partial charge on any atom is 0.435 e. The van der Waals surface area contributed by atoms with Crippen molar-refractivity contribution in [2.45, 2.75) is 39.4 Å². The lowest BCUT2D eigenvalue weighted by Gasteiger charge is -2.35. The Kier molecular flexibility index (Phi) is 7.72. The van der Waals surface area contributed by atoms with Crippen molar-refractivity contribution in [1.29, 1.82) is 0 Å². The predicted octanol–water partition coefficient (Wildman–Crippen LogP) is 5.25. The fraction of sp³-hybridized carbons (Fsp3) is 0.343. The van der Waals surface area contributed by atoms with Gasteiger partial charge in [-0.1, -0.05) is 6.92 Å². The Hall–Kier alpha value is -5.20. The Bertz CT molecular complexity index is 2070. The van der Waals surface area contributed by atoms with Crippen molar-refractivity contribution >= 4 is 34.1 Å². The summed E-state index contributed by atoms with van der Waals surface area (Å²) < 4.78 is 45.6. The van der Waals surface area contributed by atoms with Gasteiger partial charge in [-0.2, -0.15) is 18.3 Å².